The number of hydrogen-bond donors (Lipinski definition) is 3. The van der Waals surface area contributed by atoms with Gasteiger partial charge in [-0.1, -0.05) is 43.2 Å². The summed E-state index contributed by atoms with van der Waals surface area (Å²) < 4.78 is 10.6. The molecule has 2 aliphatic carbocycles. The van der Waals surface area contributed by atoms with E-state index >= 15 is 0 Å². The average molecular weight is 606 g/mol. The highest BCUT2D eigenvalue weighted by atomic mass is 35.5. The number of esters is 2. The van der Waals surface area contributed by atoms with Crippen LogP contribution in [0.25, 0.3) is 0 Å². The number of hydrogen-bond acceptors (Lipinski definition) is 7. The van der Waals surface area contributed by atoms with Crippen LogP contribution in [-0.4, -0.2) is 65.5 Å². The SMILES string of the molecule is CCOC(=O)c1ccc(OC(=O)[C@H](Cc2ccccc2)NC(=O)C2CC(Cl)C3(CCCCC3NC)C(Cl)C2O)cc1. The molecule has 2 aromatic rings. The molecule has 2 aromatic carbocycles. The lowest BCUT2D eigenvalue weighted by Gasteiger charge is -2.55. The number of carbonyl (C=O) groups excluding carboxylic acids is 3. The number of carbonyl (C=O) groups is 3. The third-order valence-corrected chi connectivity index (χ3v) is 9.67. The van der Waals surface area contributed by atoms with Crippen LogP contribution in [-0.2, 0) is 20.7 Å². The summed E-state index contributed by atoms with van der Waals surface area (Å²) in [6.45, 7) is 1.97. The maximum atomic E-state index is 13.6. The average Bonchev–Trinajstić information content (AvgIpc) is 2.98. The van der Waals surface area contributed by atoms with Gasteiger partial charge in [0, 0.05) is 23.3 Å². The van der Waals surface area contributed by atoms with Gasteiger partial charge in [-0.2, -0.15) is 0 Å². The molecule has 4 rings (SSSR count). The summed E-state index contributed by atoms with van der Waals surface area (Å²) in [5.41, 5.74) is 0.611. The molecule has 10 heteroatoms. The molecule has 6 unspecified atom stereocenters. The molecule has 222 valence electrons. The molecular formula is C31H38Cl2N2O6. The smallest absolute Gasteiger partial charge is 0.338 e. The van der Waals surface area contributed by atoms with E-state index in [1.165, 1.54) is 24.3 Å². The van der Waals surface area contributed by atoms with Crippen molar-refractivity contribution in [2.75, 3.05) is 13.7 Å². The second-order valence-corrected chi connectivity index (χ2v) is 11.8. The predicted molar refractivity (Wildman–Crippen MR) is 157 cm³/mol. The summed E-state index contributed by atoms with van der Waals surface area (Å²) in [6, 6.07) is 14.2. The predicted octanol–water partition coefficient (Wildman–Crippen LogP) is 4.24. The Balaban J connectivity index is 1.50. The topological polar surface area (TPSA) is 114 Å². The highest BCUT2D eigenvalue weighted by Gasteiger charge is 2.58. The van der Waals surface area contributed by atoms with Crippen molar-refractivity contribution < 1.29 is 29.0 Å². The van der Waals surface area contributed by atoms with Crippen LogP contribution in [0.15, 0.2) is 54.6 Å². The fourth-order valence-corrected chi connectivity index (χ4v) is 7.50. The van der Waals surface area contributed by atoms with Gasteiger partial charge in [0.25, 0.3) is 0 Å². The van der Waals surface area contributed by atoms with Crippen LogP contribution in [0.5, 0.6) is 5.75 Å². The standard InChI is InChI=1S/C31H38Cl2N2O6/c1-3-40-29(38)20-12-14-21(15-13-20)41-30(39)23(17-19-9-5-4-6-10-19)35-28(37)22-18-24(32)31(27(33)26(22)36)16-8-7-11-25(31)34-2/h4-6,9-10,12-15,22-27,34,36H,3,7-8,11,16-18H2,1-2H3,(H,35,37)/t22?,23-,24?,25?,26?,27?,31?/m0/s1. The molecule has 0 aromatic heterocycles. The van der Waals surface area contributed by atoms with E-state index in [1.54, 1.807) is 6.92 Å². The largest absolute Gasteiger partial charge is 0.462 e. The van der Waals surface area contributed by atoms with Crippen LogP contribution < -0.4 is 15.4 Å². The molecule has 2 aliphatic rings. The number of nitrogens with one attached hydrogen (secondary N) is 2. The highest BCUT2D eigenvalue weighted by Crippen LogP contribution is 2.53. The van der Waals surface area contributed by atoms with Gasteiger partial charge < -0.3 is 25.2 Å². The maximum Gasteiger partial charge on any atom is 0.338 e. The van der Waals surface area contributed by atoms with E-state index in [0.29, 0.717) is 5.56 Å². The fourth-order valence-electron chi connectivity index (χ4n) is 6.26. The Morgan fingerprint density at radius 3 is 2.44 bits per heavy atom. The molecular weight excluding hydrogens is 567 g/mol. The number of amides is 1. The zero-order chi connectivity index (χ0) is 29.6. The van der Waals surface area contributed by atoms with Gasteiger partial charge in [-0.05, 0) is 63.1 Å². The van der Waals surface area contributed by atoms with E-state index < -0.39 is 52.1 Å². The molecule has 3 N–H and O–H groups in total. The molecule has 0 bridgehead atoms. The van der Waals surface area contributed by atoms with Gasteiger partial charge in [0.15, 0.2) is 0 Å². The summed E-state index contributed by atoms with van der Waals surface area (Å²) in [5, 5.41) is 16.3. The minimum absolute atomic E-state index is 0.0379. The lowest BCUT2D eigenvalue weighted by Crippen LogP contribution is -2.65. The number of aliphatic hydroxyl groups is 1. The van der Waals surface area contributed by atoms with Crippen LogP contribution >= 0.6 is 23.2 Å². The van der Waals surface area contributed by atoms with Gasteiger partial charge >= 0.3 is 11.9 Å². The molecule has 2 fully saturated rings. The Bertz CT molecular complexity index is 1200. The quantitative estimate of drug-likeness (QED) is 0.223. The molecule has 0 radical (unpaired) electrons. The number of alkyl halides is 2. The third kappa shape index (κ3) is 6.88. The van der Waals surface area contributed by atoms with Crippen molar-refractivity contribution in [3.8, 4) is 5.75 Å². The lowest BCUT2D eigenvalue weighted by molar-refractivity contribution is -0.142. The molecule has 1 amide bonds. The van der Waals surface area contributed by atoms with Crippen molar-refractivity contribution in [2.24, 2.45) is 11.3 Å². The monoisotopic (exact) mass is 604 g/mol. The molecule has 0 aliphatic heterocycles. The fraction of sp³-hybridized carbons (Fsp3) is 0.516. The molecule has 7 atom stereocenters. The van der Waals surface area contributed by atoms with Gasteiger partial charge in [0.2, 0.25) is 5.91 Å². The van der Waals surface area contributed by atoms with Crippen LogP contribution in [0.3, 0.4) is 0 Å². The Morgan fingerprint density at radius 2 is 1.78 bits per heavy atom. The van der Waals surface area contributed by atoms with Crippen LogP contribution in [0.1, 0.15) is 54.9 Å². The van der Waals surface area contributed by atoms with E-state index in [-0.39, 0.29) is 31.2 Å². The molecule has 41 heavy (non-hydrogen) atoms. The van der Waals surface area contributed by atoms with Gasteiger partial charge in [-0.25, -0.2) is 9.59 Å². The van der Waals surface area contributed by atoms with E-state index in [0.717, 1.165) is 31.2 Å². The lowest BCUT2D eigenvalue weighted by atomic mass is 9.59. The van der Waals surface area contributed by atoms with Crippen molar-refractivity contribution in [1.29, 1.82) is 0 Å². The Kier molecular flexibility index (Phi) is 10.7. The number of ether oxygens (including phenoxy) is 2. The molecule has 8 nitrogen and oxygen atoms in total. The first-order chi connectivity index (χ1) is 19.7. The van der Waals surface area contributed by atoms with Crippen molar-refractivity contribution in [3.63, 3.8) is 0 Å². The second-order valence-electron chi connectivity index (χ2n) is 10.8. The summed E-state index contributed by atoms with van der Waals surface area (Å²) >= 11 is 13.9. The first-order valence-electron chi connectivity index (χ1n) is 14.2. The van der Waals surface area contributed by atoms with Gasteiger partial charge in [-0.3, -0.25) is 4.79 Å². The first kappa shape index (κ1) is 31.3. The number of halogens is 2. The Labute approximate surface area is 251 Å². The van der Waals surface area contributed by atoms with Crippen molar-refractivity contribution >= 4 is 41.0 Å². The van der Waals surface area contributed by atoms with Gasteiger partial charge in [-0.15, -0.1) is 23.2 Å². The number of benzene rings is 2. The Morgan fingerprint density at radius 1 is 1.07 bits per heavy atom. The van der Waals surface area contributed by atoms with Crippen LogP contribution in [0, 0.1) is 11.3 Å². The summed E-state index contributed by atoms with van der Waals surface area (Å²) in [4.78, 5) is 38.9. The summed E-state index contributed by atoms with van der Waals surface area (Å²) in [7, 11) is 1.88. The minimum Gasteiger partial charge on any atom is -0.462 e. The van der Waals surface area contributed by atoms with Crippen LogP contribution in [0.2, 0.25) is 0 Å². The van der Waals surface area contributed by atoms with Gasteiger partial charge in [0.1, 0.15) is 11.8 Å². The van der Waals surface area contributed by atoms with Gasteiger partial charge in [0.05, 0.1) is 29.6 Å². The molecule has 0 heterocycles. The summed E-state index contributed by atoms with van der Waals surface area (Å²) in [5.74, 6) is -2.33. The van der Waals surface area contributed by atoms with Crippen molar-refractivity contribution in [3.05, 3.63) is 65.7 Å². The van der Waals surface area contributed by atoms with E-state index in [4.69, 9.17) is 32.7 Å². The van der Waals surface area contributed by atoms with Crippen molar-refractivity contribution in [1.82, 2.24) is 10.6 Å². The van der Waals surface area contributed by atoms with Crippen LogP contribution in [0.4, 0.5) is 0 Å². The van der Waals surface area contributed by atoms with Crippen molar-refractivity contribution in [2.45, 2.75) is 74.4 Å². The number of rotatable bonds is 9. The molecule has 1 spiro atoms. The van der Waals surface area contributed by atoms with E-state index in [1.807, 2.05) is 37.4 Å². The molecule has 2 saturated carbocycles. The normalized spacial score (nSPS) is 28.5. The maximum absolute atomic E-state index is 13.6. The third-order valence-electron chi connectivity index (χ3n) is 8.42. The zero-order valence-electron chi connectivity index (χ0n) is 23.4. The highest BCUT2D eigenvalue weighted by molar-refractivity contribution is 6.25. The van der Waals surface area contributed by atoms with E-state index in [2.05, 4.69) is 10.6 Å². The number of aliphatic hydroxyl groups excluding tert-OH is 1. The summed E-state index contributed by atoms with van der Waals surface area (Å²) in [6.07, 6.45) is 2.95. The molecule has 0 saturated heterocycles. The second kappa shape index (κ2) is 14.0. The van der Waals surface area contributed by atoms with E-state index in [9.17, 15) is 19.5 Å². The Hall–Kier alpha value is -2.65. The first-order valence-corrected chi connectivity index (χ1v) is 15.0. The minimum atomic E-state index is -1.13. The zero-order valence-corrected chi connectivity index (χ0v) is 24.9.